The number of hydrogen-bond donors (Lipinski definition) is 3. The monoisotopic (exact) mass is 640 g/mol. The summed E-state index contributed by atoms with van der Waals surface area (Å²) in [6.45, 7) is 4.28. The van der Waals surface area contributed by atoms with Crippen LogP contribution in [0.4, 0.5) is 10.5 Å². The molecule has 44 heavy (non-hydrogen) atoms. The van der Waals surface area contributed by atoms with Crippen molar-refractivity contribution in [2.24, 2.45) is 17.1 Å². The van der Waals surface area contributed by atoms with E-state index in [0.717, 1.165) is 10.5 Å². The molecule has 0 aliphatic carbocycles. The van der Waals surface area contributed by atoms with Crippen LogP contribution in [0.25, 0.3) is 22.4 Å². The number of nitrogens with two attached hydrogens (primary N) is 1. The maximum Gasteiger partial charge on any atom is 0.326 e. The lowest BCUT2D eigenvalue weighted by atomic mass is 9.93. The van der Waals surface area contributed by atoms with Crippen LogP contribution in [-0.4, -0.2) is 72.8 Å². The lowest BCUT2D eigenvalue weighted by Crippen LogP contribution is -2.56. The zero-order chi connectivity index (χ0) is 32.3. The number of carbonyl (C=O) groups excluding carboxylic acids is 4. The Morgan fingerprint density at radius 1 is 1.02 bits per heavy atom. The smallest absolute Gasteiger partial charge is 0.326 e. The number of nitrogens with one attached hydrogen (secondary N) is 2. The van der Waals surface area contributed by atoms with Crippen molar-refractivity contribution in [3.63, 3.8) is 0 Å². The van der Waals surface area contributed by atoms with Gasteiger partial charge < -0.3 is 26.0 Å². The van der Waals surface area contributed by atoms with Gasteiger partial charge in [0.25, 0.3) is 0 Å². The van der Waals surface area contributed by atoms with E-state index in [0.29, 0.717) is 52.1 Å². The number of ether oxygens (including phenoxy) is 1. The number of carbonyl (C=O) groups is 4. The van der Waals surface area contributed by atoms with Crippen molar-refractivity contribution in [3.8, 4) is 28.3 Å². The summed E-state index contributed by atoms with van der Waals surface area (Å²) >= 11 is 13.7. The number of halogens is 2. The number of imide groups is 1. The fraction of sp³-hybridized carbons (Fsp3) is 0.323. The third-order valence-electron chi connectivity index (χ3n) is 7.52. The highest BCUT2D eigenvalue weighted by molar-refractivity contribution is 6.39. The molecule has 11 nitrogen and oxygen atoms in total. The van der Waals surface area contributed by atoms with Crippen molar-refractivity contribution in [1.29, 1.82) is 0 Å². The molecule has 232 valence electrons. The summed E-state index contributed by atoms with van der Waals surface area (Å²) in [5.74, 6) is -2.25. The summed E-state index contributed by atoms with van der Waals surface area (Å²) in [6.07, 6.45) is 0. The van der Waals surface area contributed by atoms with Crippen molar-refractivity contribution < 1.29 is 23.9 Å². The van der Waals surface area contributed by atoms with Gasteiger partial charge in [-0.1, -0.05) is 59.6 Å². The minimum Gasteiger partial charge on any atom is -0.481 e. The molecule has 1 fully saturated rings. The van der Waals surface area contributed by atoms with Gasteiger partial charge in [-0.15, -0.1) is 0 Å². The van der Waals surface area contributed by atoms with Gasteiger partial charge >= 0.3 is 6.03 Å². The van der Waals surface area contributed by atoms with Gasteiger partial charge in [0.05, 0.1) is 34.0 Å². The molecule has 2 aromatic carbocycles. The quantitative estimate of drug-likeness (QED) is 0.278. The van der Waals surface area contributed by atoms with Gasteiger partial charge in [-0.2, -0.15) is 0 Å². The first-order valence-electron chi connectivity index (χ1n) is 13.7. The number of pyridine rings is 1. The van der Waals surface area contributed by atoms with Gasteiger partial charge in [-0.25, -0.2) is 9.78 Å². The van der Waals surface area contributed by atoms with Crippen LogP contribution in [0.15, 0.2) is 48.5 Å². The molecule has 4 rings (SSSR count). The normalized spacial score (nSPS) is 15.4. The third-order valence-corrected chi connectivity index (χ3v) is 8.33. The van der Waals surface area contributed by atoms with Gasteiger partial charge in [-0.3, -0.25) is 19.3 Å². The highest BCUT2D eigenvalue weighted by Gasteiger charge is 2.39. The van der Waals surface area contributed by atoms with Gasteiger partial charge in [0.2, 0.25) is 23.6 Å². The van der Waals surface area contributed by atoms with Crippen LogP contribution < -0.4 is 21.1 Å². The molecule has 0 saturated carbocycles. The number of primary amides is 1. The highest BCUT2D eigenvalue weighted by Crippen LogP contribution is 2.41. The van der Waals surface area contributed by atoms with Gasteiger partial charge in [0.15, 0.2) is 0 Å². The Labute approximate surface area is 265 Å². The van der Waals surface area contributed by atoms with Crippen LogP contribution in [0.3, 0.4) is 0 Å². The van der Waals surface area contributed by atoms with E-state index in [1.165, 1.54) is 26.1 Å². The molecule has 3 aromatic rings. The number of aromatic nitrogens is 1. The summed E-state index contributed by atoms with van der Waals surface area (Å²) in [4.78, 5) is 56.3. The van der Waals surface area contributed by atoms with Gasteiger partial charge in [0.1, 0.15) is 5.92 Å². The molecule has 2 heterocycles. The van der Waals surface area contributed by atoms with Crippen LogP contribution in [0.2, 0.25) is 10.0 Å². The molecule has 1 aromatic heterocycles. The van der Waals surface area contributed by atoms with Crippen molar-refractivity contribution >= 4 is 52.6 Å². The molecule has 0 spiro atoms. The fourth-order valence-corrected chi connectivity index (χ4v) is 5.33. The summed E-state index contributed by atoms with van der Waals surface area (Å²) in [7, 11) is 4.39. The Bertz CT molecular complexity index is 1630. The van der Waals surface area contributed by atoms with Crippen LogP contribution in [0, 0.1) is 11.3 Å². The Hall–Kier alpha value is -4.19. The summed E-state index contributed by atoms with van der Waals surface area (Å²) < 4.78 is 5.55. The van der Waals surface area contributed by atoms with Crippen molar-refractivity contribution in [1.82, 2.24) is 20.1 Å². The summed E-state index contributed by atoms with van der Waals surface area (Å²) in [6, 6.07) is 13.8. The van der Waals surface area contributed by atoms with Gasteiger partial charge in [0, 0.05) is 56.0 Å². The van der Waals surface area contributed by atoms with Crippen molar-refractivity contribution in [3.05, 3.63) is 64.1 Å². The Balaban J connectivity index is 1.59. The number of anilines is 1. The molecule has 1 aliphatic rings. The number of benzene rings is 2. The fourth-order valence-electron chi connectivity index (χ4n) is 4.73. The molecular weight excluding hydrogens is 607 g/mol. The first-order valence-corrected chi connectivity index (χ1v) is 14.5. The Morgan fingerprint density at radius 2 is 1.66 bits per heavy atom. The van der Waals surface area contributed by atoms with Gasteiger partial charge in [-0.05, 0) is 26.0 Å². The van der Waals surface area contributed by atoms with E-state index in [-0.39, 0.29) is 11.6 Å². The van der Waals surface area contributed by atoms with E-state index in [4.69, 9.17) is 33.7 Å². The number of urea groups is 1. The topological polar surface area (TPSA) is 147 Å². The Kier molecular flexibility index (Phi) is 9.82. The average Bonchev–Trinajstić information content (AvgIpc) is 2.99. The maximum atomic E-state index is 13.1. The summed E-state index contributed by atoms with van der Waals surface area (Å²) in [5.41, 5.74) is 8.18. The van der Waals surface area contributed by atoms with E-state index in [1.54, 1.807) is 38.1 Å². The third kappa shape index (κ3) is 6.64. The second-order valence-electron chi connectivity index (χ2n) is 11.2. The number of amides is 5. The average molecular weight is 642 g/mol. The van der Waals surface area contributed by atoms with E-state index >= 15 is 0 Å². The highest BCUT2D eigenvalue weighted by atomic mass is 35.5. The molecule has 1 atom stereocenters. The second-order valence-corrected chi connectivity index (χ2v) is 11.9. The van der Waals surface area contributed by atoms with Crippen LogP contribution >= 0.6 is 23.2 Å². The molecule has 0 bridgehead atoms. The standard InChI is InChI=1S/C31H34Cl2N6O5/c1-31(2,29(34)42)16-35-14-17-12-13-22(37-27(17)44-5)20-10-6-8-18(24(20)32)19-9-7-11-23(25(19)33)36-26(40)21-15-38(3)30(43)39(4)28(21)41/h6-13,21,35H,14-16H2,1-5H3,(H2,34,42)(H,36,40). The molecule has 13 heteroatoms. The zero-order valence-corrected chi connectivity index (χ0v) is 26.5. The SMILES string of the molecule is COc1nc(-c2cccc(-c3cccc(NC(=O)C4CN(C)C(=O)N(C)C4=O)c3Cl)c2Cl)ccc1CNCC(C)(C)C(N)=O. The van der Waals surface area contributed by atoms with Crippen molar-refractivity contribution in [2.45, 2.75) is 20.4 Å². The van der Waals surface area contributed by atoms with Crippen LogP contribution in [0.5, 0.6) is 5.88 Å². The maximum absolute atomic E-state index is 13.1. The van der Waals surface area contributed by atoms with E-state index in [9.17, 15) is 19.2 Å². The lowest BCUT2D eigenvalue weighted by Gasteiger charge is -2.33. The lowest BCUT2D eigenvalue weighted by molar-refractivity contribution is -0.140. The van der Waals surface area contributed by atoms with E-state index in [1.807, 2.05) is 24.3 Å². The van der Waals surface area contributed by atoms with Crippen LogP contribution in [0.1, 0.15) is 19.4 Å². The first kappa shape index (κ1) is 32.7. The number of rotatable bonds is 10. The molecule has 1 saturated heterocycles. The molecule has 0 radical (unpaired) electrons. The van der Waals surface area contributed by atoms with Crippen LogP contribution in [-0.2, 0) is 20.9 Å². The zero-order valence-electron chi connectivity index (χ0n) is 25.0. The molecule has 4 N–H and O–H groups in total. The van der Waals surface area contributed by atoms with E-state index < -0.39 is 35.1 Å². The largest absolute Gasteiger partial charge is 0.481 e. The molecule has 5 amide bonds. The minimum absolute atomic E-state index is 0.0459. The van der Waals surface area contributed by atoms with E-state index in [2.05, 4.69) is 15.6 Å². The number of nitrogens with zero attached hydrogens (tertiary/aromatic N) is 3. The molecule has 1 unspecified atom stereocenters. The number of hydrogen-bond acceptors (Lipinski definition) is 7. The Morgan fingerprint density at radius 3 is 2.32 bits per heavy atom. The molecule has 1 aliphatic heterocycles. The predicted molar refractivity (Wildman–Crippen MR) is 169 cm³/mol. The predicted octanol–water partition coefficient (Wildman–Crippen LogP) is 4.41. The first-order chi connectivity index (χ1) is 20.8. The second kappa shape index (κ2) is 13.2. The number of methoxy groups -OCH3 is 1. The van der Waals surface area contributed by atoms with Crippen molar-refractivity contribution in [2.75, 3.05) is 39.6 Å². The minimum atomic E-state index is -1.08. The summed E-state index contributed by atoms with van der Waals surface area (Å²) in [5, 5.41) is 6.57. The molecular formula is C31H34Cl2N6O5.